The van der Waals surface area contributed by atoms with Crippen molar-refractivity contribution in [2.24, 2.45) is 12.8 Å². The molecule has 1 heterocycles. The Hall–Kier alpha value is -1.16. The number of nitrogens with zero attached hydrogens (tertiary/aromatic N) is 2. The normalized spacial score (nSPS) is 10.5. The molecule has 4 nitrogen and oxygen atoms in total. The Morgan fingerprint density at radius 2 is 2.13 bits per heavy atom. The van der Waals surface area contributed by atoms with E-state index in [1.54, 1.807) is 16.9 Å². The maximum absolute atomic E-state index is 11.6. The predicted octanol–water partition coefficient (Wildman–Crippen LogP) is 1.51. The molecule has 0 unspecified atom stereocenters. The zero-order valence-electron chi connectivity index (χ0n) is 9.28. The van der Waals surface area contributed by atoms with Gasteiger partial charge in [0.05, 0.1) is 0 Å². The van der Waals surface area contributed by atoms with Crippen molar-refractivity contribution in [2.75, 3.05) is 6.54 Å². The van der Waals surface area contributed by atoms with Crippen LogP contribution in [0.2, 0.25) is 0 Å². The van der Waals surface area contributed by atoms with Crippen LogP contribution in [0.3, 0.4) is 0 Å². The summed E-state index contributed by atoms with van der Waals surface area (Å²) >= 11 is 0. The van der Waals surface area contributed by atoms with Crippen LogP contribution in [0, 0.1) is 0 Å². The lowest BCUT2D eigenvalue weighted by atomic mass is 10.1. The van der Waals surface area contributed by atoms with E-state index in [1.807, 2.05) is 7.05 Å². The number of hydrogen-bond acceptors (Lipinski definition) is 3. The van der Waals surface area contributed by atoms with Crippen LogP contribution in [0.15, 0.2) is 12.3 Å². The summed E-state index contributed by atoms with van der Waals surface area (Å²) in [6, 6.07) is 1.77. The van der Waals surface area contributed by atoms with E-state index in [4.69, 9.17) is 5.73 Å². The van der Waals surface area contributed by atoms with E-state index in [-0.39, 0.29) is 5.78 Å². The SMILES string of the molecule is Cn1ccc(C(=O)CCCCCCN)n1. The molecule has 0 spiro atoms. The average Bonchev–Trinajstić information content (AvgIpc) is 2.64. The first kappa shape index (κ1) is 11.9. The molecule has 0 aliphatic carbocycles. The van der Waals surface area contributed by atoms with Crippen LogP contribution in [-0.4, -0.2) is 22.1 Å². The second-order valence-electron chi connectivity index (χ2n) is 3.75. The van der Waals surface area contributed by atoms with Crippen molar-refractivity contribution in [2.45, 2.75) is 32.1 Å². The van der Waals surface area contributed by atoms with E-state index in [0.29, 0.717) is 12.1 Å². The lowest BCUT2D eigenvalue weighted by Crippen LogP contribution is -2.02. The number of unbranched alkanes of at least 4 members (excludes halogenated alkanes) is 3. The summed E-state index contributed by atoms with van der Waals surface area (Å²) in [5.74, 6) is 0.142. The lowest BCUT2D eigenvalue weighted by molar-refractivity contribution is 0.0973. The molecule has 0 saturated heterocycles. The van der Waals surface area contributed by atoms with Crippen LogP contribution in [0.5, 0.6) is 0 Å². The molecule has 0 atom stereocenters. The number of hydrogen-bond donors (Lipinski definition) is 1. The van der Waals surface area contributed by atoms with E-state index < -0.39 is 0 Å². The molecule has 0 saturated carbocycles. The zero-order chi connectivity index (χ0) is 11.1. The van der Waals surface area contributed by atoms with Gasteiger partial charge in [-0.15, -0.1) is 0 Å². The van der Waals surface area contributed by atoms with Gasteiger partial charge in [0.15, 0.2) is 5.78 Å². The first-order chi connectivity index (χ1) is 7.24. The van der Waals surface area contributed by atoms with Crippen LogP contribution in [0.4, 0.5) is 0 Å². The second kappa shape index (κ2) is 6.35. The summed E-state index contributed by atoms with van der Waals surface area (Å²) in [4.78, 5) is 11.6. The van der Waals surface area contributed by atoms with Crippen molar-refractivity contribution in [3.63, 3.8) is 0 Å². The molecule has 0 aliphatic rings. The van der Waals surface area contributed by atoms with Gasteiger partial charge < -0.3 is 5.73 Å². The molecule has 0 aliphatic heterocycles. The Morgan fingerprint density at radius 1 is 1.40 bits per heavy atom. The monoisotopic (exact) mass is 209 g/mol. The first-order valence-electron chi connectivity index (χ1n) is 5.47. The van der Waals surface area contributed by atoms with Gasteiger partial charge in [-0.25, -0.2) is 0 Å². The minimum absolute atomic E-state index is 0.142. The fourth-order valence-corrected chi connectivity index (χ4v) is 1.48. The minimum Gasteiger partial charge on any atom is -0.330 e. The van der Waals surface area contributed by atoms with Crippen molar-refractivity contribution in [3.8, 4) is 0 Å². The molecular weight excluding hydrogens is 190 g/mol. The van der Waals surface area contributed by atoms with Crippen LogP contribution in [0.1, 0.15) is 42.6 Å². The van der Waals surface area contributed by atoms with E-state index in [0.717, 1.165) is 32.2 Å². The number of Topliss-reactive ketones (excluding diaryl/α,β-unsaturated/α-hetero) is 1. The third-order valence-corrected chi connectivity index (χ3v) is 2.36. The molecule has 1 rings (SSSR count). The molecule has 0 aromatic carbocycles. The maximum Gasteiger partial charge on any atom is 0.183 e. The Labute approximate surface area is 90.5 Å². The van der Waals surface area contributed by atoms with Gasteiger partial charge in [-0.2, -0.15) is 5.10 Å². The highest BCUT2D eigenvalue weighted by molar-refractivity contribution is 5.94. The summed E-state index contributed by atoms with van der Waals surface area (Å²) in [5.41, 5.74) is 5.96. The van der Waals surface area contributed by atoms with E-state index in [1.165, 1.54) is 0 Å². The molecule has 0 amide bonds. The summed E-state index contributed by atoms with van der Waals surface area (Å²) in [5, 5.41) is 4.07. The molecule has 84 valence electrons. The van der Waals surface area contributed by atoms with E-state index >= 15 is 0 Å². The molecule has 1 aromatic rings. The highest BCUT2D eigenvalue weighted by atomic mass is 16.1. The Bertz CT molecular complexity index is 307. The third kappa shape index (κ3) is 4.25. The van der Waals surface area contributed by atoms with Crippen molar-refractivity contribution < 1.29 is 4.79 Å². The molecule has 1 aromatic heterocycles. The molecule has 15 heavy (non-hydrogen) atoms. The van der Waals surface area contributed by atoms with Gasteiger partial charge in [0.1, 0.15) is 5.69 Å². The maximum atomic E-state index is 11.6. The molecule has 0 fully saturated rings. The van der Waals surface area contributed by atoms with Crippen molar-refractivity contribution in [3.05, 3.63) is 18.0 Å². The van der Waals surface area contributed by atoms with Crippen molar-refractivity contribution in [1.29, 1.82) is 0 Å². The van der Waals surface area contributed by atoms with Gasteiger partial charge >= 0.3 is 0 Å². The number of carbonyl (C=O) groups excluding carboxylic acids is 1. The number of rotatable bonds is 7. The fourth-order valence-electron chi connectivity index (χ4n) is 1.48. The lowest BCUT2D eigenvalue weighted by Gasteiger charge is -1.98. The summed E-state index contributed by atoms with van der Waals surface area (Å²) in [6.07, 6.45) is 6.58. The van der Waals surface area contributed by atoms with E-state index in [9.17, 15) is 4.79 Å². The number of carbonyl (C=O) groups is 1. The van der Waals surface area contributed by atoms with Crippen LogP contribution < -0.4 is 5.73 Å². The van der Waals surface area contributed by atoms with Gasteiger partial charge in [0.2, 0.25) is 0 Å². The Kier molecular flexibility index (Phi) is 5.04. The molecule has 0 radical (unpaired) electrons. The van der Waals surface area contributed by atoms with Crippen LogP contribution in [-0.2, 0) is 7.05 Å². The largest absolute Gasteiger partial charge is 0.330 e. The smallest absolute Gasteiger partial charge is 0.183 e. The number of ketones is 1. The second-order valence-corrected chi connectivity index (χ2v) is 3.75. The van der Waals surface area contributed by atoms with Gasteiger partial charge in [-0.1, -0.05) is 12.8 Å². The summed E-state index contributed by atoms with van der Waals surface area (Å²) < 4.78 is 1.65. The highest BCUT2D eigenvalue weighted by Gasteiger charge is 2.07. The minimum atomic E-state index is 0.142. The topological polar surface area (TPSA) is 60.9 Å². The van der Waals surface area contributed by atoms with E-state index in [2.05, 4.69) is 5.10 Å². The Morgan fingerprint density at radius 3 is 2.73 bits per heavy atom. The summed E-state index contributed by atoms with van der Waals surface area (Å²) in [6.45, 7) is 0.744. The number of aromatic nitrogens is 2. The number of aryl methyl sites for hydroxylation is 1. The van der Waals surface area contributed by atoms with Gasteiger partial charge in [0, 0.05) is 19.7 Å². The van der Waals surface area contributed by atoms with Crippen LogP contribution in [0.25, 0.3) is 0 Å². The first-order valence-corrected chi connectivity index (χ1v) is 5.47. The predicted molar refractivity (Wildman–Crippen MR) is 59.7 cm³/mol. The summed E-state index contributed by atoms with van der Waals surface area (Å²) in [7, 11) is 1.82. The molecule has 0 bridgehead atoms. The Balaban J connectivity index is 2.19. The van der Waals surface area contributed by atoms with Gasteiger partial charge in [-0.05, 0) is 25.5 Å². The quantitative estimate of drug-likeness (QED) is 0.547. The third-order valence-electron chi connectivity index (χ3n) is 2.36. The van der Waals surface area contributed by atoms with Gasteiger partial charge in [0.25, 0.3) is 0 Å². The van der Waals surface area contributed by atoms with Crippen LogP contribution >= 0.6 is 0 Å². The van der Waals surface area contributed by atoms with Crippen molar-refractivity contribution >= 4 is 5.78 Å². The zero-order valence-corrected chi connectivity index (χ0v) is 9.28. The van der Waals surface area contributed by atoms with Gasteiger partial charge in [-0.3, -0.25) is 9.48 Å². The van der Waals surface area contributed by atoms with Crippen molar-refractivity contribution in [1.82, 2.24) is 9.78 Å². The highest BCUT2D eigenvalue weighted by Crippen LogP contribution is 2.07. The molecule has 4 heteroatoms. The molecular formula is C11H19N3O. The number of nitrogens with two attached hydrogens (primary N) is 1. The molecule has 2 N–H and O–H groups in total. The average molecular weight is 209 g/mol. The fraction of sp³-hybridized carbons (Fsp3) is 0.636. The standard InChI is InChI=1S/C11H19N3O/c1-14-9-7-10(13-14)11(15)6-4-2-3-5-8-12/h7,9H,2-6,8,12H2,1H3.